The number of halogens is 4. The molecule has 0 unspecified atom stereocenters. The minimum Gasteiger partial charge on any atom is -0.303 e. The summed E-state index contributed by atoms with van der Waals surface area (Å²) in [4.78, 5) is 33.7. The Kier molecular flexibility index (Phi) is 5.89. The summed E-state index contributed by atoms with van der Waals surface area (Å²) >= 11 is 22.9. The van der Waals surface area contributed by atoms with Crippen molar-refractivity contribution in [3.63, 3.8) is 0 Å². The molecule has 3 heterocycles. The lowest BCUT2D eigenvalue weighted by Gasteiger charge is -2.17. The van der Waals surface area contributed by atoms with E-state index < -0.39 is 5.56 Å². The Morgan fingerprint density at radius 2 is 1.64 bits per heavy atom. The number of carbonyl (C=O) groups is 1. The van der Waals surface area contributed by atoms with Gasteiger partial charge >= 0.3 is 0 Å². The summed E-state index contributed by atoms with van der Waals surface area (Å²) in [6, 6.07) is 17.9. The monoisotopic (exact) mass is 616 g/mol. The van der Waals surface area contributed by atoms with Gasteiger partial charge in [-0.25, -0.2) is 0 Å². The maximum absolute atomic E-state index is 13.7. The zero-order valence-corrected chi connectivity index (χ0v) is 22.7. The van der Waals surface area contributed by atoms with Crippen molar-refractivity contribution in [1.29, 1.82) is 0 Å². The summed E-state index contributed by atoms with van der Waals surface area (Å²) in [6.07, 6.45) is 0. The van der Waals surface area contributed by atoms with Crippen LogP contribution in [0.1, 0.15) is 11.1 Å². The number of aromatic nitrogens is 3. The van der Waals surface area contributed by atoms with Crippen molar-refractivity contribution in [2.75, 3.05) is 4.90 Å². The number of hydrogen-bond donors (Lipinski definition) is 0. The molecule has 6 rings (SSSR count). The predicted octanol–water partition coefficient (Wildman–Crippen LogP) is 6.01. The molecule has 1 aliphatic heterocycles. The van der Waals surface area contributed by atoms with Gasteiger partial charge in [0.25, 0.3) is 11.5 Å². The minimum absolute atomic E-state index is 0.263. The molecule has 36 heavy (non-hydrogen) atoms. The van der Waals surface area contributed by atoms with Gasteiger partial charge in [0.05, 0.1) is 22.8 Å². The average Bonchev–Trinajstić information content (AvgIpc) is 3.46. The first-order valence-electron chi connectivity index (χ1n) is 10.6. The topological polar surface area (TPSA) is 67.6 Å². The zero-order chi connectivity index (χ0) is 25.1. The summed E-state index contributed by atoms with van der Waals surface area (Å²) in [5.74, 6) is 0.0439. The van der Waals surface area contributed by atoms with E-state index in [0.717, 1.165) is 27.1 Å². The molecule has 178 valence electrons. The van der Waals surface area contributed by atoms with Gasteiger partial charge in [-0.1, -0.05) is 74.2 Å². The summed E-state index contributed by atoms with van der Waals surface area (Å²) in [5, 5.41) is 5.86. The lowest BCUT2D eigenvalue weighted by atomic mass is 10.1. The third-order valence-electron chi connectivity index (χ3n) is 5.79. The summed E-state index contributed by atoms with van der Waals surface area (Å²) in [5.41, 5.74) is 2.78. The van der Waals surface area contributed by atoms with Crippen molar-refractivity contribution in [2.24, 2.45) is 0 Å². The van der Waals surface area contributed by atoms with Crippen molar-refractivity contribution in [3.8, 4) is 11.4 Å². The zero-order valence-electron chi connectivity index (χ0n) is 18.0. The molecular weight excluding hydrogens is 607 g/mol. The Morgan fingerprint density at radius 1 is 0.889 bits per heavy atom. The van der Waals surface area contributed by atoms with Crippen molar-refractivity contribution in [2.45, 2.75) is 6.54 Å². The van der Waals surface area contributed by atoms with E-state index in [1.54, 1.807) is 35.2 Å². The fraction of sp³-hybridized carbons (Fsp3) is 0.0400. The highest BCUT2D eigenvalue weighted by Gasteiger charge is 2.34. The normalized spacial score (nSPS) is 14.7. The number of amides is 1. The molecule has 0 bridgehead atoms. The molecular formula is C25H12BrCl3N4O2S. The molecule has 6 nitrogen and oxygen atoms in total. The number of fused-ring (bicyclic) bond motifs is 2. The number of hydrogen-bond acceptors (Lipinski definition) is 5. The van der Waals surface area contributed by atoms with Gasteiger partial charge in [-0.3, -0.25) is 9.59 Å². The molecule has 0 spiro atoms. The second-order valence-corrected chi connectivity index (χ2v) is 11.2. The molecule has 0 radical (unpaired) electrons. The molecule has 3 aromatic carbocycles. The lowest BCUT2D eigenvalue weighted by Crippen LogP contribution is -2.32. The van der Waals surface area contributed by atoms with E-state index >= 15 is 0 Å². The first-order valence-corrected chi connectivity index (χ1v) is 13.3. The van der Waals surface area contributed by atoms with E-state index in [9.17, 15) is 9.59 Å². The van der Waals surface area contributed by atoms with Gasteiger partial charge in [-0.05, 0) is 54.1 Å². The van der Waals surface area contributed by atoms with Gasteiger partial charge < -0.3 is 4.90 Å². The minimum atomic E-state index is -0.415. The Hall–Kier alpha value is -2.75. The lowest BCUT2D eigenvalue weighted by molar-refractivity contribution is -0.113. The second kappa shape index (κ2) is 8.97. The van der Waals surface area contributed by atoms with E-state index in [1.165, 1.54) is 4.52 Å². The van der Waals surface area contributed by atoms with E-state index in [2.05, 4.69) is 26.0 Å². The van der Waals surface area contributed by atoms with Crippen molar-refractivity contribution < 1.29 is 4.79 Å². The van der Waals surface area contributed by atoms with Crippen LogP contribution in [0.15, 0.2) is 69.9 Å². The molecule has 0 saturated heterocycles. The van der Waals surface area contributed by atoms with Gasteiger partial charge in [0.2, 0.25) is 4.96 Å². The first kappa shape index (κ1) is 23.6. The maximum Gasteiger partial charge on any atom is 0.291 e. The molecule has 1 aliphatic rings. The smallest absolute Gasteiger partial charge is 0.291 e. The van der Waals surface area contributed by atoms with Crippen LogP contribution in [-0.2, 0) is 11.3 Å². The predicted molar refractivity (Wildman–Crippen MR) is 147 cm³/mol. The van der Waals surface area contributed by atoms with Gasteiger partial charge in [0.15, 0.2) is 5.82 Å². The van der Waals surface area contributed by atoms with E-state index in [1.807, 2.05) is 30.3 Å². The van der Waals surface area contributed by atoms with Gasteiger partial charge in [-0.15, -0.1) is 5.10 Å². The van der Waals surface area contributed by atoms with Crippen molar-refractivity contribution in [1.82, 2.24) is 14.6 Å². The van der Waals surface area contributed by atoms with E-state index in [4.69, 9.17) is 34.8 Å². The van der Waals surface area contributed by atoms with Crippen LogP contribution in [0.25, 0.3) is 21.9 Å². The quantitative estimate of drug-likeness (QED) is 0.249. The third-order valence-corrected chi connectivity index (χ3v) is 8.11. The SMILES string of the molecule is O=C1C(=c2sc3nc(-c4ccc(Cl)cc4Cl)nn3c2=O)c2cc(Br)ccc2N1Cc1ccc(Cl)cc1. The number of carbonyl (C=O) groups excluding carboxylic acids is 1. The number of benzene rings is 3. The standard InChI is InChI=1S/C25H12BrCl3N4O2S/c26-13-3-8-19-17(9-13)20(23(34)32(19)11-12-1-4-14(27)5-2-12)21-24(35)33-25(36-21)30-22(31-33)16-7-6-15(28)10-18(16)29/h1-10H,11H2. The molecule has 0 saturated carbocycles. The number of thiazole rings is 1. The third kappa shape index (κ3) is 3.93. The van der Waals surface area contributed by atoms with E-state index in [0.29, 0.717) is 49.1 Å². The highest BCUT2D eigenvalue weighted by Crippen LogP contribution is 2.38. The highest BCUT2D eigenvalue weighted by atomic mass is 79.9. The average molecular weight is 619 g/mol. The Balaban J connectivity index is 1.50. The fourth-order valence-corrected chi connectivity index (χ4v) is 6.10. The molecule has 0 N–H and O–H groups in total. The number of rotatable bonds is 3. The summed E-state index contributed by atoms with van der Waals surface area (Å²) in [6.45, 7) is 0.336. The van der Waals surface area contributed by atoms with Crippen LogP contribution in [0.2, 0.25) is 15.1 Å². The molecule has 0 aliphatic carbocycles. The van der Waals surface area contributed by atoms with Crippen LogP contribution < -0.4 is 15.0 Å². The highest BCUT2D eigenvalue weighted by molar-refractivity contribution is 9.10. The van der Waals surface area contributed by atoms with Gasteiger partial charge in [0.1, 0.15) is 4.53 Å². The van der Waals surface area contributed by atoms with Crippen LogP contribution in [0, 0.1) is 0 Å². The second-order valence-electron chi connectivity index (χ2n) is 8.04. The van der Waals surface area contributed by atoms with E-state index in [-0.39, 0.29) is 10.4 Å². The van der Waals surface area contributed by atoms with Gasteiger partial charge in [0, 0.05) is 25.6 Å². The Bertz CT molecular complexity index is 1820. The molecule has 0 atom stereocenters. The number of anilines is 1. The van der Waals surface area contributed by atoms with Crippen LogP contribution in [0.4, 0.5) is 5.69 Å². The number of nitrogens with zero attached hydrogens (tertiary/aromatic N) is 4. The fourth-order valence-electron chi connectivity index (χ4n) is 4.12. The Labute approximate surface area is 231 Å². The molecule has 0 fully saturated rings. The van der Waals surface area contributed by atoms with Crippen LogP contribution in [0.5, 0.6) is 0 Å². The maximum atomic E-state index is 13.7. The molecule has 5 aromatic rings. The summed E-state index contributed by atoms with van der Waals surface area (Å²) in [7, 11) is 0. The molecule has 2 aromatic heterocycles. The van der Waals surface area contributed by atoms with Crippen LogP contribution in [-0.4, -0.2) is 20.5 Å². The molecule has 11 heteroatoms. The largest absolute Gasteiger partial charge is 0.303 e. The van der Waals surface area contributed by atoms with Crippen LogP contribution in [0.3, 0.4) is 0 Å². The Morgan fingerprint density at radius 3 is 2.36 bits per heavy atom. The van der Waals surface area contributed by atoms with Crippen molar-refractivity contribution >= 4 is 84.2 Å². The summed E-state index contributed by atoms with van der Waals surface area (Å²) < 4.78 is 2.29. The first-order chi connectivity index (χ1) is 17.3. The van der Waals surface area contributed by atoms with Gasteiger partial charge in [-0.2, -0.15) is 9.50 Å². The molecule has 1 amide bonds. The van der Waals surface area contributed by atoms with Crippen LogP contribution >= 0.6 is 62.1 Å². The van der Waals surface area contributed by atoms with Crippen molar-refractivity contribution in [3.05, 3.63) is 106 Å².